The van der Waals surface area contributed by atoms with Gasteiger partial charge in [0.2, 0.25) is 0 Å². The number of aromatic carboxylic acids is 1. The van der Waals surface area contributed by atoms with Gasteiger partial charge in [0.05, 0.1) is 5.56 Å². The lowest BCUT2D eigenvalue weighted by Gasteiger charge is -2.23. The average Bonchev–Trinajstić information content (AvgIpc) is 2.45. The van der Waals surface area contributed by atoms with Crippen molar-refractivity contribution in [1.29, 1.82) is 0 Å². The summed E-state index contributed by atoms with van der Waals surface area (Å²) in [5, 5.41) is 8.90. The van der Waals surface area contributed by atoms with Crippen molar-refractivity contribution in [3.63, 3.8) is 0 Å². The van der Waals surface area contributed by atoms with Crippen LogP contribution in [0.3, 0.4) is 0 Å². The number of rotatable bonds is 5. The topological polar surface area (TPSA) is 40.5 Å². The molecule has 0 bridgehead atoms. The molecule has 1 N–H and O–H groups in total. The van der Waals surface area contributed by atoms with E-state index < -0.39 is 5.97 Å². The molecule has 0 atom stereocenters. The van der Waals surface area contributed by atoms with E-state index in [-0.39, 0.29) is 0 Å². The Morgan fingerprint density at radius 1 is 1.15 bits per heavy atom. The molecule has 0 aromatic heterocycles. The molecule has 0 saturated carbocycles. The van der Waals surface area contributed by atoms with Gasteiger partial charge in [0.25, 0.3) is 0 Å². The molecule has 3 nitrogen and oxygen atoms in total. The number of aryl methyl sites for hydroxylation is 1. The highest BCUT2D eigenvalue weighted by Crippen LogP contribution is 2.18. The zero-order chi connectivity index (χ0) is 14.5. The summed E-state index contributed by atoms with van der Waals surface area (Å²) in [5.41, 5.74) is 3.86. The van der Waals surface area contributed by atoms with E-state index in [0.29, 0.717) is 5.56 Å². The number of nitrogens with zero attached hydrogens (tertiary/aromatic N) is 1. The monoisotopic (exact) mass is 269 g/mol. The number of hydrogen-bond donors (Lipinski definition) is 1. The van der Waals surface area contributed by atoms with E-state index in [1.54, 1.807) is 12.1 Å². The number of hydrogen-bond acceptors (Lipinski definition) is 2. The Morgan fingerprint density at radius 3 is 2.40 bits per heavy atom. The van der Waals surface area contributed by atoms with E-state index in [9.17, 15) is 4.79 Å². The standard InChI is InChI=1S/C17H19NO2/c1-3-18(16-6-4-5-13(2)11-16)12-14-7-9-15(10-8-14)17(19)20/h4-11H,3,12H2,1-2H3,(H,19,20). The first-order valence-electron chi connectivity index (χ1n) is 6.74. The maximum Gasteiger partial charge on any atom is 0.335 e. The molecule has 0 aliphatic rings. The van der Waals surface area contributed by atoms with Gasteiger partial charge in [-0.15, -0.1) is 0 Å². The molecule has 0 unspecified atom stereocenters. The van der Waals surface area contributed by atoms with Crippen LogP contribution < -0.4 is 4.90 Å². The molecule has 0 aliphatic heterocycles. The van der Waals surface area contributed by atoms with E-state index in [1.807, 2.05) is 12.1 Å². The minimum Gasteiger partial charge on any atom is -0.478 e. The Balaban J connectivity index is 2.16. The summed E-state index contributed by atoms with van der Waals surface area (Å²) >= 11 is 0. The Kier molecular flexibility index (Phi) is 4.41. The molecule has 2 aromatic carbocycles. The number of carboxylic acid groups (broad SMARTS) is 1. The Hall–Kier alpha value is -2.29. The van der Waals surface area contributed by atoms with Crippen LogP contribution in [0.4, 0.5) is 5.69 Å². The molecular formula is C17H19NO2. The van der Waals surface area contributed by atoms with Crippen molar-refractivity contribution in [3.8, 4) is 0 Å². The van der Waals surface area contributed by atoms with Crippen molar-refractivity contribution in [2.75, 3.05) is 11.4 Å². The van der Waals surface area contributed by atoms with Crippen molar-refractivity contribution in [3.05, 3.63) is 65.2 Å². The van der Waals surface area contributed by atoms with Crippen molar-refractivity contribution in [2.45, 2.75) is 20.4 Å². The van der Waals surface area contributed by atoms with Crippen LogP contribution >= 0.6 is 0 Å². The third-order valence-corrected chi connectivity index (χ3v) is 3.32. The van der Waals surface area contributed by atoms with Crippen molar-refractivity contribution >= 4 is 11.7 Å². The predicted octanol–water partition coefficient (Wildman–Crippen LogP) is 3.72. The fourth-order valence-electron chi connectivity index (χ4n) is 2.18. The summed E-state index contributed by atoms with van der Waals surface area (Å²) in [5.74, 6) is -0.886. The highest BCUT2D eigenvalue weighted by atomic mass is 16.4. The first-order valence-corrected chi connectivity index (χ1v) is 6.74. The van der Waals surface area contributed by atoms with Crippen LogP contribution in [-0.4, -0.2) is 17.6 Å². The molecular weight excluding hydrogens is 250 g/mol. The molecule has 0 radical (unpaired) electrons. The molecule has 0 saturated heterocycles. The number of benzene rings is 2. The van der Waals surface area contributed by atoms with Crippen LogP contribution in [0.5, 0.6) is 0 Å². The molecule has 0 aliphatic carbocycles. The Bertz CT molecular complexity index is 590. The van der Waals surface area contributed by atoms with E-state index in [0.717, 1.165) is 18.7 Å². The van der Waals surface area contributed by atoms with E-state index in [2.05, 4.69) is 43.0 Å². The second-order valence-electron chi connectivity index (χ2n) is 4.86. The van der Waals surface area contributed by atoms with Gasteiger partial charge in [0.15, 0.2) is 0 Å². The molecule has 2 aromatic rings. The van der Waals surface area contributed by atoms with Gasteiger partial charge < -0.3 is 10.0 Å². The smallest absolute Gasteiger partial charge is 0.335 e. The maximum atomic E-state index is 10.8. The SMILES string of the molecule is CCN(Cc1ccc(C(=O)O)cc1)c1cccc(C)c1. The molecule has 3 heteroatoms. The molecule has 2 rings (SSSR count). The van der Waals surface area contributed by atoms with Crippen LogP contribution in [0, 0.1) is 6.92 Å². The largest absolute Gasteiger partial charge is 0.478 e. The average molecular weight is 269 g/mol. The molecule has 20 heavy (non-hydrogen) atoms. The highest BCUT2D eigenvalue weighted by Gasteiger charge is 2.07. The van der Waals surface area contributed by atoms with Gasteiger partial charge in [0, 0.05) is 18.8 Å². The summed E-state index contributed by atoms with van der Waals surface area (Å²) in [7, 11) is 0. The van der Waals surface area contributed by atoms with E-state index >= 15 is 0 Å². The van der Waals surface area contributed by atoms with E-state index in [1.165, 1.54) is 11.3 Å². The van der Waals surface area contributed by atoms with Crippen LogP contribution in [0.25, 0.3) is 0 Å². The minimum absolute atomic E-state index is 0.326. The van der Waals surface area contributed by atoms with Crippen LogP contribution in [0.1, 0.15) is 28.4 Å². The Labute approximate surface area is 119 Å². The maximum absolute atomic E-state index is 10.8. The summed E-state index contributed by atoms with van der Waals surface area (Å²) in [4.78, 5) is 13.1. The molecule has 0 heterocycles. The van der Waals surface area contributed by atoms with Gasteiger partial charge in [-0.3, -0.25) is 0 Å². The highest BCUT2D eigenvalue weighted by molar-refractivity contribution is 5.87. The summed E-state index contributed by atoms with van der Waals surface area (Å²) in [6.45, 7) is 5.89. The summed E-state index contributed by atoms with van der Waals surface area (Å²) in [6.07, 6.45) is 0. The van der Waals surface area contributed by atoms with Gasteiger partial charge in [-0.25, -0.2) is 4.79 Å². The first-order chi connectivity index (χ1) is 9.60. The van der Waals surface area contributed by atoms with Crippen molar-refractivity contribution in [1.82, 2.24) is 0 Å². The third-order valence-electron chi connectivity index (χ3n) is 3.32. The molecule has 0 amide bonds. The van der Waals surface area contributed by atoms with Gasteiger partial charge in [0.1, 0.15) is 0 Å². The Morgan fingerprint density at radius 2 is 1.85 bits per heavy atom. The predicted molar refractivity (Wildman–Crippen MR) is 81.3 cm³/mol. The lowest BCUT2D eigenvalue weighted by atomic mass is 10.1. The third kappa shape index (κ3) is 3.38. The first kappa shape index (κ1) is 14.1. The molecule has 0 spiro atoms. The van der Waals surface area contributed by atoms with Gasteiger partial charge in [-0.05, 0) is 49.2 Å². The van der Waals surface area contributed by atoms with Gasteiger partial charge >= 0.3 is 5.97 Å². The van der Waals surface area contributed by atoms with Crippen molar-refractivity contribution in [2.24, 2.45) is 0 Å². The molecule has 0 fully saturated rings. The van der Waals surface area contributed by atoms with Gasteiger partial charge in [-0.1, -0.05) is 24.3 Å². The van der Waals surface area contributed by atoms with Crippen LogP contribution in [-0.2, 0) is 6.54 Å². The lowest BCUT2D eigenvalue weighted by molar-refractivity contribution is 0.0697. The quantitative estimate of drug-likeness (QED) is 0.899. The summed E-state index contributed by atoms with van der Waals surface area (Å²) in [6, 6.07) is 15.5. The minimum atomic E-state index is -0.886. The molecule has 104 valence electrons. The fourth-order valence-corrected chi connectivity index (χ4v) is 2.18. The van der Waals surface area contributed by atoms with Crippen LogP contribution in [0.2, 0.25) is 0 Å². The summed E-state index contributed by atoms with van der Waals surface area (Å²) < 4.78 is 0. The van der Waals surface area contributed by atoms with Crippen LogP contribution in [0.15, 0.2) is 48.5 Å². The lowest BCUT2D eigenvalue weighted by Crippen LogP contribution is -2.22. The van der Waals surface area contributed by atoms with E-state index in [4.69, 9.17) is 5.11 Å². The zero-order valence-corrected chi connectivity index (χ0v) is 11.8. The van der Waals surface area contributed by atoms with Gasteiger partial charge in [-0.2, -0.15) is 0 Å². The number of carbonyl (C=O) groups is 1. The second kappa shape index (κ2) is 6.24. The fraction of sp³-hybridized carbons (Fsp3) is 0.235. The zero-order valence-electron chi connectivity index (χ0n) is 11.8. The second-order valence-corrected chi connectivity index (χ2v) is 4.86. The van der Waals surface area contributed by atoms with Crippen molar-refractivity contribution < 1.29 is 9.90 Å². The number of anilines is 1. The normalized spacial score (nSPS) is 10.3. The number of carboxylic acids is 1.